The molecule has 0 heterocycles. The molecule has 2 aromatic rings. The van der Waals surface area contributed by atoms with Gasteiger partial charge in [-0.05, 0) is 59.1 Å². The van der Waals surface area contributed by atoms with Gasteiger partial charge in [-0.15, -0.1) is 12.6 Å². The van der Waals surface area contributed by atoms with Crippen molar-refractivity contribution < 1.29 is 4.74 Å². The molecular weight excluding hydrogens is 312 g/mol. The predicted molar refractivity (Wildman–Crippen MR) is 107 cm³/mol. The van der Waals surface area contributed by atoms with Crippen molar-refractivity contribution in [3.63, 3.8) is 0 Å². The van der Waals surface area contributed by atoms with Gasteiger partial charge in [0, 0.05) is 4.90 Å². The maximum absolute atomic E-state index is 5.92. The van der Waals surface area contributed by atoms with Crippen molar-refractivity contribution in [3.05, 3.63) is 59.7 Å². The predicted octanol–water partition coefficient (Wildman–Crippen LogP) is 6.48. The van der Waals surface area contributed by atoms with Crippen LogP contribution in [0.1, 0.15) is 58.1 Å². The van der Waals surface area contributed by atoms with E-state index in [1.165, 1.54) is 11.1 Å². The fourth-order valence-corrected chi connectivity index (χ4v) is 3.30. The molecule has 0 N–H and O–H groups in total. The highest BCUT2D eigenvalue weighted by atomic mass is 32.1. The maximum Gasteiger partial charge on any atom is 0.119 e. The van der Waals surface area contributed by atoms with Crippen LogP contribution < -0.4 is 4.74 Å². The first-order valence-electron chi connectivity index (χ1n) is 8.80. The fraction of sp³-hybridized carbons (Fsp3) is 0.455. The molecule has 0 fully saturated rings. The zero-order chi connectivity index (χ0) is 17.7. The lowest BCUT2D eigenvalue weighted by Crippen LogP contribution is -2.23. The Balaban J connectivity index is 1.93. The van der Waals surface area contributed by atoms with Crippen LogP contribution >= 0.6 is 12.6 Å². The van der Waals surface area contributed by atoms with Gasteiger partial charge in [0.25, 0.3) is 0 Å². The van der Waals surface area contributed by atoms with Crippen molar-refractivity contribution in [1.29, 1.82) is 0 Å². The minimum Gasteiger partial charge on any atom is -0.493 e. The second-order valence-corrected chi connectivity index (χ2v) is 8.29. The van der Waals surface area contributed by atoms with Crippen LogP contribution in [0.25, 0.3) is 0 Å². The van der Waals surface area contributed by atoms with Crippen LogP contribution in [0, 0.1) is 5.92 Å². The van der Waals surface area contributed by atoms with Crippen LogP contribution in [0.3, 0.4) is 0 Å². The minimum absolute atomic E-state index is 0.146. The molecule has 130 valence electrons. The first kappa shape index (κ1) is 18.9. The molecule has 2 rings (SSSR count). The molecule has 0 aliphatic rings. The monoisotopic (exact) mass is 342 g/mol. The van der Waals surface area contributed by atoms with Gasteiger partial charge in [0.15, 0.2) is 0 Å². The summed E-state index contributed by atoms with van der Waals surface area (Å²) >= 11 is 4.30. The standard InChI is InChI=1S/C22H30OS/c1-16(2)18-6-8-19(9-7-18)22(4,5)14-17(3)15-23-20-10-12-21(24)13-11-20/h6-13,16-17,24H,14-15H2,1-5H3. The number of rotatable bonds is 7. The van der Waals surface area contributed by atoms with Gasteiger partial charge in [-0.3, -0.25) is 0 Å². The Labute approximate surface area is 152 Å². The first-order valence-corrected chi connectivity index (χ1v) is 9.25. The highest BCUT2D eigenvalue weighted by molar-refractivity contribution is 7.80. The highest BCUT2D eigenvalue weighted by Gasteiger charge is 2.23. The Morgan fingerprint density at radius 2 is 1.50 bits per heavy atom. The van der Waals surface area contributed by atoms with Crippen molar-refractivity contribution in [2.75, 3.05) is 6.61 Å². The zero-order valence-electron chi connectivity index (χ0n) is 15.5. The van der Waals surface area contributed by atoms with E-state index in [2.05, 4.69) is 71.5 Å². The van der Waals surface area contributed by atoms with Crippen molar-refractivity contribution in [2.24, 2.45) is 5.92 Å². The lowest BCUT2D eigenvalue weighted by molar-refractivity contribution is 0.228. The Morgan fingerprint density at radius 1 is 0.917 bits per heavy atom. The Bertz CT molecular complexity index is 626. The van der Waals surface area contributed by atoms with Gasteiger partial charge in [0.2, 0.25) is 0 Å². The third kappa shape index (κ3) is 5.31. The van der Waals surface area contributed by atoms with E-state index in [0.717, 1.165) is 23.7 Å². The van der Waals surface area contributed by atoms with Gasteiger partial charge in [0.1, 0.15) is 5.75 Å². The number of hydrogen-bond acceptors (Lipinski definition) is 2. The van der Waals surface area contributed by atoms with E-state index in [9.17, 15) is 0 Å². The van der Waals surface area contributed by atoms with Gasteiger partial charge < -0.3 is 4.74 Å². The molecule has 1 unspecified atom stereocenters. The summed E-state index contributed by atoms with van der Waals surface area (Å²) in [4.78, 5) is 0.960. The molecule has 0 radical (unpaired) electrons. The third-order valence-electron chi connectivity index (χ3n) is 4.59. The second kappa shape index (κ2) is 8.11. The molecule has 0 amide bonds. The average Bonchev–Trinajstić information content (AvgIpc) is 2.54. The summed E-state index contributed by atoms with van der Waals surface area (Å²) in [7, 11) is 0. The molecular formula is C22H30OS. The Morgan fingerprint density at radius 3 is 2.04 bits per heavy atom. The van der Waals surface area contributed by atoms with Gasteiger partial charge in [-0.25, -0.2) is 0 Å². The van der Waals surface area contributed by atoms with E-state index < -0.39 is 0 Å². The molecule has 0 aliphatic carbocycles. The van der Waals surface area contributed by atoms with Crippen molar-refractivity contribution >= 4 is 12.6 Å². The lowest BCUT2D eigenvalue weighted by atomic mass is 9.77. The van der Waals surface area contributed by atoms with Gasteiger partial charge >= 0.3 is 0 Å². The lowest BCUT2D eigenvalue weighted by Gasteiger charge is -2.29. The largest absolute Gasteiger partial charge is 0.493 e. The molecule has 0 saturated carbocycles. The molecule has 0 aromatic heterocycles. The topological polar surface area (TPSA) is 9.23 Å². The summed E-state index contributed by atoms with van der Waals surface area (Å²) < 4.78 is 5.92. The molecule has 2 aromatic carbocycles. The highest BCUT2D eigenvalue weighted by Crippen LogP contribution is 2.31. The summed E-state index contributed by atoms with van der Waals surface area (Å²) in [5, 5.41) is 0. The average molecular weight is 343 g/mol. The van der Waals surface area contributed by atoms with Crippen LogP contribution in [-0.4, -0.2) is 6.61 Å². The van der Waals surface area contributed by atoms with Gasteiger partial charge in [0.05, 0.1) is 6.61 Å². The SMILES string of the molecule is CC(COc1ccc(S)cc1)CC(C)(C)c1ccc(C(C)C)cc1. The van der Waals surface area contributed by atoms with Crippen LogP contribution in [0.15, 0.2) is 53.4 Å². The van der Waals surface area contributed by atoms with Crippen molar-refractivity contribution in [1.82, 2.24) is 0 Å². The van der Waals surface area contributed by atoms with E-state index >= 15 is 0 Å². The molecule has 24 heavy (non-hydrogen) atoms. The van der Waals surface area contributed by atoms with Crippen LogP contribution in [-0.2, 0) is 5.41 Å². The fourth-order valence-electron chi connectivity index (χ4n) is 3.15. The van der Waals surface area contributed by atoms with E-state index in [1.807, 2.05) is 24.3 Å². The Kier molecular flexibility index (Phi) is 6.40. The first-order chi connectivity index (χ1) is 11.3. The molecule has 0 bridgehead atoms. The molecule has 0 aliphatic heterocycles. The van der Waals surface area contributed by atoms with Crippen molar-refractivity contribution in [2.45, 2.75) is 57.3 Å². The van der Waals surface area contributed by atoms with Gasteiger partial charge in [-0.1, -0.05) is 58.9 Å². The summed E-state index contributed by atoms with van der Waals surface area (Å²) in [6.07, 6.45) is 1.10. The van der Waals surface area contributed by atoms with Crippen LogP contribution in [0.5, 0.6) is 5.75 Å². The van der Waals surface area contributed by atoms with E-state index in [0.29, 0.717) is 11.8 Å². The number of ether oxygens (including phenoxy) is 1. The molecule has 1 atom stereocenters. The number of thiol groups is 1. The van der Waals surface area contributed by atoms with E-state index in [1.54, 1.807) is 0 Å². The summed E-state index contributed by atoms with van der Waals surface area (Å²) in [5.41, 5.74) is 2.95. The molecule has 2 heteroatoms. The van der Waals surface area contributed by atoms with E-state index in [-0.39, 0.29) is 5.41 Å². The number of hydrogen-bond donors (Lipinski definition) is 1. The van der Waals surface area contributed by atoms with Gasteiger partial charge in [-0.2, -0.15) is 0 Å². The molecule has 0 spiro atoms. The summed E-state index contributed by atoms with van der Waals surface area (Å²) in [6.45, 7) is 12.1. The summed E-state index contributed by atoms with van der Waals surface area (Å²) in [5.74, 6) is 1.98. The number of benzene rings is 2. The summed E-state index contributed by atoms with van der Waals surface area (Å²) in [6, 6.07) is 17.0. The quantitative estimate of drug-likeness (QED) is 0.566. The van der Waals surface area contributed by atoms with Crippen molar-refractivity contribution in [3.8, 4) is 5.75 Å². The second-order valence-electron chi connectivity index (χ2n) is 7.77. The molecule has 0 saturated heterocycles. The van der Waals surface area contributed by atoms with E-state index in [4.69, 9.17) is 4.74 Å². The minimum atomic E-state index is 0.146. The van der Waals surface area contributed by atoms with Crippen LogP contribution in [0.2, 0.25) is 0 Å². The van der Waals surface area contributed by atoms with Crippen LogP contribution in [0.4, 0.5) is 0 Å². The zero-order valence-corrected chi connectivity index (χ0v) is 16.4. The normalized spacial score (nSPS) is 13.1. The maximum atomic E-state index is 5.92. The molecule has 1 nitrogen and oxygen atoms in total. The smallest absolute Gasteiger partial charge is 0.119 e. The Hall–Kier alpha value is -1.41. The third-order valence-corrected chi connectivity index (χ3v) is 4.89.